The third-order valence-corrected chi connectivity index (χ3v) is 2.48. The SMILES string of the molecule is C=CC([O])=O.CC[N+](C)(C)Cc1ccccc1.[Cl-]. The van der Waals surface area contributed by atoms with Gasteiger partial charge in [0, 0.05) is 11.6 Å². The second-order valence-corrected chi connectivity index (χ2v) is 4.42. The summed E-state index contributed by atoms with van der Waals surface area (Å²) in [7, 11) is 4.51. The van der Waals surface area contributed by atoms with Crippen molar-refractivity contribution in [1.29, 1.82) is 0 Å². The van der Waals surface area contributed by atoms with E-state index in [9.17, 15) is 0 Å². The summed E-state index contributed by atoms with van der Waals surface area (Å²) in [5.74, 6) is -1.23. The highest BCUT2D eigenvalue weighted by molar-refractivity contribution is 5.78. The van der Waals surface area contributed by atoms with Gasteiger partial charge in [0.05, 0.1) is 20.6 Å². The van der Waals surface area contributed by atoms with E-state index in [-0.39, 0.29) is 12.4 Å². The third kappa shape index (κ3) is 9.87. The smallest absolute Gasteiger partial charge is 0.378 e. The molecule has 0 amide bonds. The van der Waals surface area contributed by atoms with Crippen LogP contribution in [0.3, 0.4) is 0 Å². The van der Waals surface area contributed by atoms with E-state index in [1.54, 1.807) is 0 Å². The van der Waals surface area contributed by atoms with Crippen LogP contribution in [0.15, 0.2) is 43.0 Å². The molecule has 0 fully saturated rings. The van der Waals surface area contributed by atoms with Crippen LogP contribution in [0.1, 0.15) is 12.5 Å². The number of halogens is 1. The third-order valence-electron chi connectivity index (χ3n) is 2.48. The molecule has 0 N–H and O–H groups in total. The Bertz CT molecular complexity index is 350. The summed E-state index contributed by atoms with van der Waals surface area (Å²) in [6.07, 6.45) is 0.722. The maximum atomic E-state index is 9.14. The van der Waals surface area contributed by atoms with Crippen LogP contribution in [0.5, 0.6) is 0 Å². The van der Waals surface area contributed by atoms with Crippen molar-refractivity contribution < 1.29 is 26.8 Å². The lowest BCUT2D eigenvalue weighted by atomic mass is 10.2. The Morgan fingerprint density at radius 3 is 2.06 bits per heavy atom. The molecular weight excluding hydrogens is 250 g/mol. The Balaban J connectivity index is 0. The maximum Gasteiger partial charge on any atom is 0.378 e. The fourth-order valence-electron chi connectivity index (χ4n) is 1.19. The van der Waals surface area contributed by atoms with Crippen molar-refractivity contribution in [2.75, 3.05) is 20.6 Å². The molecule has 0 aliphatic rings. The molecule has 3 nitrogen and oxygen atoms in total. The van der Waals surface area contributed by atoms with E-state index in [0.29, 0.717) is 0 Å². The Morgan fingerprint density at radius 2 is 1.72 bits per heavy atom. The molecule has 0 bridgehead atoms. The summed E-state index contributed by atoms with van der Waals surface area (Å²) in [4.78, 5) is 9.14. The number of quaternary nitrogens is 1. The zero-order chi connectivity index (χ0) is 13.3. The van der Waals surface area contributed by atoms with Gasteiger partial charge >= 0.3 is 5.97 Å². The number of benzene rings is 1. The molecule has 0 aliphatic heterocycles. The molecule has 4 heteroatoms. The van der Waals surface area contributed by atoms with Gasteiger partial charge in [0.25, 0.3) is 0 Å². The van der Waals surface area contributed by atoms with Crippen LogP contribution in [-0.4, -0.2) is 31.1 Å². The molecular formula is C14H21ClNO2. The minimum atomic E-state index is -1.23. The van der Waals surface area contributed by atoms with Gasteiger partial charge < -0.3 is 16.9 Å². The van der Waals surface area contributed by atoms with E-state index in [0.717, 1.165) is 17.1 Å². The normalized spacial score (nSPS) is 9.50. The predicted molar refractivity (Wildman–Crippen MR) is 68.7 cm³/mol. The standard InChI is InChI=1S/C11H18N.C3H3O2.ClH/c1-4-12(2,3)10-11-8-6-5-7-9-11;1-2-3(4)5;/h5-9H,4,10H2,1-3H3;2H,1H2;1H/q+1;;/p-1. The summed E-state index contributed by atoms with van der Waals surface area (Å²) in [6, 6.07) is 10.6. The molecule has 0 aromatic heterocycles. The number of carbonyl (C=O) groups excluding carboxylic acids is 1. The highest BCUT2D eigenvalue weighted by atomic mass is 35.5. The highest BCUT2D eigenvalue weighted by Gasteiger charge is 2.11. The number of nitrogens with zero attached hydrogens (tertiary/aromatic N) is 1. The molecule has 0 saturated heterocycles. The Morgan fingerprint density at radius 1 is 1.28 bits per heavy atom. The largest absolute Gasteiger partial charge is 1.00 e. The van der Waals surface area contributed by atoms with Crippen molar-refractivity contribution >= 4 is 5.97 Å². The van der Waals surface area contributed by atoms with Gasteiger partial charge in [0.2, 0.25) is 0 Å². The van der Waals surface area contributed by atoms with Crippen LogP contribution in [0.4, 0.5) is 0 Å². The van der Waals surface area contributed by atoms with E-state index in [1.165, 1.54) is 12.1 Å². The maximum absolute atomic E-state index is 9.14. The first-order chi connectivity index (χ1) is 7.91. The zero-order valence-corrected chi connectivity index (χ0v) is 12.0. The molecule has 0 atom stereocenters. The van der Waals surface area contributed by atoms with Gasteiger partial charge in [-0.25, -0.2) is 9.90 Å². The molecule has 0 spiro atoms. The summed E-state index contributed by atoms with van der Waals surface area (Å²) < 4.78 is 1.06. The van der Waals surface area contributed by atoms with Crippen LogP contribution in [0, 0.1) is 0 Å². The van der Waals surface area contributed by atoms with Gasteiger partial charge in [-0.15, -0.1) is 0 Å². The van der Waals surface area contributed by atoms with Crippen LogP contribution in [0.25, 0.3) is 0 Å². The highest BCUT2D eigenvalue weighted by Crippen LogP contribution is 2.07. The second-order valence-electron chi connectivity index (χ2n) is 4.42. The van der Waals surface area contributed by atoms with Gasteiger partial charge in [-0.1, -0.05) is 36.9 Å². The monoisotopic (exact) mass is 270 g/mol. The van der Waals surface area contributed by atoms with Crippen molar-refractivity contribution in [2.24, 2.45) is 0 Å². The minimum Gasteiger partial charge on any atom is -1.00 e. The van der Waals surface area contributed by atoms with Crippen LogP contribution >= 0.6 is 0 Å². The molecule has 1 aromatic rings. The van der Waals surface area contributed by atoms with Gasteiger partial charge in [0.1, 0.15) is 6.54 Å². The van der Waals surface area contributed by atoms with Crippen molar-refractivity contribution in [3.63, 3.8) is 0 Å². The van der Waals surface area contributed by atoms with Gasteiger partial charge in [0.15, 0.2) is 0 Å². The van der Waals surface area contributed by atoms with E-state index >= 15 is 0 Å². The lowest BCUT2D eigenvalue weighted by Gasteiger charge is -2.28. The quantitative estimate of drug-likeness (QED) is 0.533. The molecule has 0 saturated carbocycles. The minimum absolute atomic E-state index is 0. The number of rotatable bonds is 4. The van der Waals surface area contributed by atoms with Crippen LogP contribution in [0.2, 0.25) is 0 Å². The first-order valence-electron chi connectivity index (χ1n) is 5.60. The van der Waals surface area contributed by atoms with Crippen LogP contribution in [-0.2, 0) is 16.4 Å². The summed E-state index contributed by atoms with van der Waals surface area (Å²) in [5, 5.41) is 9.14. The zero-order valence-electron chi connectivity index (χ0n) is 11.2. The fraction of sp³-hybridized carbons (Fsp3) is 0.357. The fourth-order valence-corrected chi connectivity index (χ4v) is 1.19. The van der Waals surface area contributed by atoms with Crippen molar-refractivity contribution in [3.8, 4) is 0 Å². The Kier molecular flexibility index (Phi) is 10.2. The summed E-state index contributed by atoms with van der Waals surface area (Å²) in [6.45, 7) is 7.42. The summed E-state index contributed by atoms with van der Waals surface area (Å²) in [5.41, 5.74) is 1.42. The van der Waals surface area contributed by atoms with Gasteiger partial charge in [-0.05, 0) is 6.92 Å². The molecule has 0 heterocycles. The average molecular weight is 271 g/mol. The van der Waals surface area contributed by atoms with Crippen LogP contribution < -0.4 is 12.4 Å². The molecule has 1 aromatic carbocycles. The molecule has 101 valence electrons. The number of hydrogen-bond donors (Lipinski definition) is 0. The molecule has 0 unspecified atom stereocenters. The second kappa shape index (κ2) is 9.68. The van der Waals surface area contributed by atoms with Gasteiger partial charge in [-0.3, -0.25) is 0 Å². The first kappa shape index (κ1) is 19.0. The first-order valence-corrected chi connectivity index (χ1v) is 5.60. The number of carbonyl (C=O) groups is 1. The van der Waals surface area contributed by atoms with Gasteiger partial charge in [-0.2, -0.15) is 0 Å². The Hall–Kier alpha value is -1.32. The lowest BCUT2D eigenvalue weighted by Crippen LogP contribution is -3.00. The van der Waals surface area contributed by atoms with E-state index < -0.39 is 5.97 Å². The van der Waals surface area contributed by atoms with E-state index in [4.69, 9.17) is 9.90 Å². The number of hydrogen-bond acceptors (Lipinski definition) is 1. The molecule has 1 radical (unpaired) electrons. The average Bonchev–Trinajstić information content (AvgIpc) is 2.30. The summed E-state index contributed by atoms with van der Waals surface area (Å²) >= 11 is 0. The Labute approximate surface area is 116 Å². The van der Waals surface area contributed by atoms with E-state index in [1.807, 2.05) is 0 Å². The van der Waals surface area contributed by atoms with E-state index in [2.05, 4.69) is 57.9 Å². The molecule has 18 heavy (non-hydrogen) atoms. The van der Waals surface area contributed by atoms with Crippen molar-refractivity contribution in [1.82, 2.24) is 0 Å². The topological polar surface area (TPSA) is 37.0 Å². The van der Waals surface area contributed by atoms with Crippen molar-refractivity contribution in [2.45, 2.75) is 13.5 Å². The van der Waals surface area contributed by atoms with Crippen molar-refractivity contribution in [3.05, 3.63) is 48.6 Å². The predicted octanol–water partition coefficient (Wildman–Crippen LogP) is -0.584. The molecule has 0 aliphatic carbocycles. The molecule has 1 rings (SSSR count). The lowest BCUT2D eigenvalue weighted by molar-refractivity contribution is -0.901.